The van der Waals surface area contributed by atoms with E-state index < -0.39 is 17.0 Å². The smallest absolute Gasteiger partial charge is 0.320 e. The Balaban J connectivity index is 2.46. The Morgan fingerprint density at radius 3 is 2.41 bits per heavy atom. The molecule has 1 N–H and O–H groups in total. The first kappa shape index (κ1) is 14.0. The third kappa shape index (κ3) is 4.00. The number of carboxylic acids is 1. The van der Waals surface area contributed by atoms with Crippen LogP contribution >= 0.6 is 0 Å². The summed E-state index contributed by atoms with van der Waals surface area (Å²) in [6, 6.07) is 0. The lowest BCUT2D eigenvalue weighted by Crippen LogP contribution is -2.36. The van der Waals surface area contributed by atoms with Crippen LogP contribution in [0, 0.1) is 5.41 Å². The van der Waals surface area contributed by atoms with Crippen molar-refractivity contribution in [2.45, 2.75) is 39.7 Å². The van der Waals surface area contributed by atoms with Crippen molar-refractivity contribution in [2.75, 3.05) is 19.6 Å². The maximum atomic E-state index is 11.6. The molecule has 0 unspecified atom stereocenters. The van der Waals surface area contributed by atoms with E-state index in [4.69, 9.17) is 9.84 Å². The highest BCUT2D eigenvalue weighted by atomic mass is 16.6. The van der Waals surface area contributed by atoms with Crippen LogP contribution in [0.25, 0.3) is 0 Å². The molecule has 0 aromatic rings. The topological polar surface area (TPSA) is 66.8 Å². The number of carbonyl (C=O) groups is 2. The first-order valence-electron chi connectivity index (χ1n) is 5.80. The van der Waals surface area contributed by atoms with Gasteiger partial charge in [-0.15, -0.1) is 0 Å². The number of hydrogen-bond acceptors (Lipinski definition) is 4. The normalized spacial score (nSPS) is 25.9. The zero-order chi connectivity index (χ0) is 13.3. The molecule has 0 saturated carbocycles. The van der Waals surface area contributed by atoms with Gasteiger partial charge in [0.15, 0.2) is 0 Å². The van der Waals surface area contributed by atoms with Gasteiger partial charge in [-0.25, -0.2) is 0 Å². The summed E-state index contributed by atoms with van der Waals surface area (Å²) in [6.07, 6.45) is 0.575. The lowest BCUT2D eigenvalue weighted by molar-refractivity contribution is -0.156. The summed E-state index contributed by atoms with van der Waals surface area (Å²) in [5.41, 5.74) is -1.23. The summed E-state index contributed by atoms with van der Waals surface area (Å²) in [4.78, 5) is 24.5. The molecular weight excluding hydrogens is 222 g/mol. The highest BCUT2D eigenvalue weighted by Gasteiger charge is 2.41. The molecule has 5 nitrogen and oxygen atoms in total. The number of likely N-dealkylation sites (tertiary alicyclic amines) is 1. The molecule has 0 amide bonds. The van der Waals surface area contributed by atoms with Gasteiger partial charge in [0.05, 0.1) is 12.0 Å². The lowest BCUT2D eigenvalue weighted by atomic mass is 9.90. The molecule has 1 fully saturated rings. The Kier molecular flexibility index (Phi) is 3.81. The van der Waals surface area contributed by atoms with Crippen LogP contribution in [0.15, 0.2) is 0 Å². The first-order chi connectivity index (χ1) is 7.62. The maximum Gasteiger partial charge on any atom is 0.320 e. The van der Waals surface area contributed by atoms with E-state index in [-0.39, 0.29) is 12.5 Å². The van der Waals surface area contributed by atoms with Crippen molar-refractivity contribution in [1.29, 1.82) is 0 Å². The van der Waals surface area contributed by atoms with Crippen molar-refractivity contribution in [3.8, 4) is 0 Å². The minimum Gasteiger partial charge on any atom is -0.481 e. The number of aliphatic carboxylic acids is 1. The SMILES string of the molecule is CC(C)(C)OC(=O)CN1CC[C@@](C)(C(=O)O)C1. The summed E-state index contributed by atoms with van der Waals surface area (Å²) in [6.45, 7) is 8.36. The quantitative estimate of drug-likeness (QED) is 0.752. The van der Waals surface area contributed by atoms with Crippen LogP contribution in [-0.4, -0.2) is 47.2 Å². The third-order valence-corrected chi connectivity index (χ3v) is 2.84. The van der Waals surface area contributed by atoms with Crippen molar-refractivity contribution in [3.63, 3.8) is 0 Å². The number of ether oxygens (including phenoxy) is 1. The van der Waals surface area contributed by atoms with Crippen LogP contribution in [0.4, 0.5) is 0 Å². The van der Waals surface area contributed by atoms with E-state index in [2.05, 4.69) is 0 Å². The molecule has 17 heavy (non-hydrogen) atoms. The fourth-order valence-electron chi connectivity index (χ4n) is 1.92. The molecule has 0 radical (unpaired) electrons. The zero-order valence-corrected chi connectivity index (χ0v) is 10.9. The van der Waals surface area contributed by atoms with Crippen LogP contribution in [0.5, 0.6) is 0 Å². The number of hydrogen-bond donors (Lipinski definition) is 1. The standard InChI is InChI=1S/C12H21NO4/c1-11(2,3)17-9(14)7-13-6-5-12(4,8-13)10(15)16/h5-8H2,1-4H3,(H,15,16)/t12-/m1/s1. The molecule has 0 aliphatic carbocycles. The van der Waals surface area contributed by atoms with Crippen molar-refractivity contribution in [1.82, 2.24) is 4.90 Å². The van der Waals surface area contributed by atoms with Gasteiger partial charge in [-0.1, -0.05) is 0 Å². The van der Waals surface area contributed by atoms with E-state index >= 15 is 0 Å². The highest BCUT2D eigenvalue weighted by molar-refractivity contribution is 5.76. The average Bonchev–Trinajstić information content (AvgIpc) is 2.45. The van der Waals surface area contributed by atoms with E-state index in [1.807, 2.05) is 25.7 Å². The van der Waals surface area contributed by atoms with E-state index in [0.29, 0.717) is 19.5 Å². The number of nitrogens with zero attached hydrogens (tertiary/aromatic N) is 1. The van der Waals surface area contributed by atoms with Crippen molar-refractivity contribution < 1.29 is 19.4 Å². The minimum absolute atomic E-state index is 0.167. The molecule has 1 atom stereocenters. The Labute approximate surface area is 102 Å². The lowest BCUT2D eigenvalue weighted by Gasteiger charge is -2.23. The van der Waals surface area contributed by atoms with Gasteiger partial charge in [-0.2, -0.15) is 0 Å². The van der Waals surface area contributed by atoms with Gasteiger partial charge in [0.1, 0.15) is 5.60 Å². The maximum absolute atomic E-state index is 11.6. The van der Waals surface area contributed by atoms with Crippen LogP contribution < -0.4 is 0 Å². The van der Waals surface area contributed by atoms with Gasteiger partial charge in [0.2, 0.25) is 0 Å². The summed E-state index contributed by atoms with van der Waals surface area (Å²) < 4.78 is 5.20. The number of carboxylic acid groups (broad SMARTS) is 1. The van der Waals surface area contributed by atoms with Crippen molar-refractivity contribution in [2.24, 2.45) is 5.41 Å². The number of rotatable bonds is 3. The van der Waals surface area contributed by atoms with Gasteiger partial charge in [-0.3, -0.25) is 14.5 Å². The highest BCUT2D eigenvalue weighted by Crippen LogP contribution is 2.29. The molecule has 98 valence electrons. The Hall–Kier alpha value is -1.10. The predicted molar refractivity (Wildman–Crippen MR) is 62.6 cm³/mol. The second-order valence-corrected chi connectivity index (χ2v) is 5.91. The summed E-state index contributed by atoms with van der Waals surface area (Å²) in [7, 11) is 0. The molecule has 0 aromatic carbocycles. The zero-order valence-electron chi connectivity index (χ0n) is 10.9. The molecule has 0 bridgehead atoms. The number of carbonyl (C=O) groups excluding carboxylic acids is 1. The Morgan fingerprint density at radius 1 is 1.41 bits per heavy atom. The van der Waals surface area contributed by atoms with E-state index in [9.17, 15) is 9.59 Å². The molecule has 1 heterocycles. The molecule has 1 saturated heterocycles. The van der Waals surface area contributed by atoms with Gasteiger partial charge >= 0.3 is 11.9 Å². The number of esters is 1. The van der Waals surface area contributed by atoms with Crippen LogP contribution in [0.1, 0.15) is 34.1 Å². The largest absolute Gasteiger partial charge is 0.481 e. The Morgan fingerprint density at radius 2 is 2.00 bits per heavy atom. The third-order valence-electron chi connectivity index (χ3n) is 2.84. The molecule has 5 heteroatoms. The van der Waals surface area contributed by atoms with E-state index in [0.717, 1.165) is 0 Å². The minimum atomic E-state index is -0.802. The molecule has 1 aliphatic heterocycles. The second kappa shape index (κ2) is 4.64. The molecule has 0 aromatic heterocycles. The van der Waals surface area contributed by atoms with E-state index in [1.165, 1.54) is 0 Å². The van der Waals surface area contributed by atoms with Crippen LogP contribution in [0.2, 0.25) is 0 Å². The summed E-state index contributed by atoms with van der Waals surface area (Å²) in [5.74, 6) is -1.10. The van der Waals surface area contributed by atoms with Crippen LogP contribution in [-0.2, 0) is 14.3 Å². The molecule has 1 aliphatic rings. The molecular formula is C12H21NO4. The van der Waals surface area contributed by atoms with Crippen LogP contribution in [0.3, 0.4) is 0 Å². The predicted octanol–water partition coefficient (Wildman–Crippen LogP) is 1.12. The molecule has 1 rings (SSSR count). The monoisotopic (exact) mass is 243 g/mol. The Bertz CT molecular complexity index is 321. The first-order valence-corrected chi connectivity index (χ1v) is 5.80. The van der Waals surface area contributed by atoms with Gasteiger partial charge < -0.3 is 9.84 Å². The average molecular weight is 243 g/mol. The fourth-order valence-corrected chi connectivity index (χ4v) is 1.92. The van der Waals surface area contributed by atoms with Gasteiger partial charge in [-0.05, 0) is 40.7 Å². The summed E-state index contributed by atoms with van der Waals surface area (Å²) >= 11 is 0. The van der Waals surface area contributed by atoms with Gasteiger partial charge in [0, 0.05) is 6.54 Å². The second-order valence-electron chi connectivity index (χ2n) is 5.91. The van der Waals surface area contributed by atoms with E-state index in [1.54, 1.807) is 6.92 Å². The van der Waals surface area contributed by atoms with Crippen molar-refractivity contribution in [3.05, 3.63) is 0 Å². The fraction of sp³-hybridized carbons (Fsp3) is 0.833. The van der Waals surface area contributed by atoms with Gasteiger partial charge in [0.25, 0.3) is 0 Å². The summed E-state index contributed by atoms with van der Waals surface area (Å²) in [5, 5.41) is 9.07. The molecule has 0 spiro atoms. The van der Waals surface area contributed by atoms with Crippen molar-refractivity contribution >= 4 is 11.9 Å².